The second-order valence-electron chi connectivity index (χ2n) is 5.97. The Morgan fingerprint density at radius 3 is 2.59 bits per heavy atom. The number of amides is 1. The van der Waals surface area contributed by atoms with Gasteiger partial charge in [0.15, 0.2) is 0 Å². The number of benzene rings is 1. The van der Waals surface area contributed by atoms with Crippen molar-refractivity contribution in [2.45, 2.75) is 32.9 Å². The lowest BCUT2D eigenvalue weighted by Gasteiger charge is -2.11. The minimum Gasteiger partial charge on any atom is -0.506 e. The zero-order valence-electron chi connectivity index (χ0n) is 14.5. The molecular weight excluding hydrogens is 363 g/mol. The number of carbonyl (C=O) groups excluding carboxylic acids is 1. The van der Waals surface area contributed by atoms with Crippen LogP contribution in [0.2, 0.25) is 0 Å². The van der Waals surface area contributed by atoms with E-state index in [1.807, 2.05) is 0 Å². The maximum absolute atomic E-state index is 12.8. The lowest BCUT2D eigenvalue weighted by atomic mass is 10.1. The zero-order chi connectivity index (χ0) is 19.8. The Bertz CT molecular complexity index is 1010. The Hall–Kier alpha value is -3.17. The van der Waals surface area contributed by atoms with E-state index in [-0.39, 0.29) is 36.0 Å². The molecule has 2 aromatic heterocycles. The number of hydrogen-bond acceptors (Lipinski definition) is 5. The molecule has 10 heteroatoms. The topological polar surface area (TPSA) is 92.4 Å². The van der Waals surface area contributed by atoms with E-state index in [0.717, 1.165) is 4.52 Å². The molecule has 2 N–H and O–H groups in total. The molecule has 0 saturated heterocycles. The Morgan fingerprint density at radius 1 is 1.22 bits per heavy atom. The number of aryl methyl sites for hydroxylation is 2. The summed E-state index contributed by atoms with van der Waals surface area (Å²) in [6.45, 7) is 3.25. The van der Waals surface area contributed by atoms with Crippen molar-refractivity contribution in [2.75, 3.05) is 5.32 Å². The molecule has 1 aromatic carbocycles. The first kappa shape index (κ1) is 18.6. The number of phenolic OH excluding ortho intramolecular Hbond substituents is 1. The van der Waals surface area contributed by atoms with Crippen LogP contribution in [0.15, 0.2) is 24.3 Å². The maximum Gasteiger partial charge on any atom is 0.453 e. The van der Waals surface area contributed by atoms with Crippen LogP contribution in [0.1, 0.15) is 29.2 Å². The maximum atomic E-state index is 12.8. The minimum absolute atomic E-state index is 0.0522. The van der Waals surface area contributed by atoms with Gasteiger partial charge in [0.2, 0.25) is 5.91 Å². The lowest BCUT2D eigenvalue weighted by molar-refractivity contribution is -0.144. The number of aromatic hydroxyl groups is 1. The van der Waals surface area contributed by atoms with Gasteiger partial charge >= 0.3 is 6.18 Å². The molecule has 0 bridgehead atoms. The number of rotatable bonds is 4. The molecule has 3 rings (SSSR count). The van der Waals surface area contributed by atoms with Crippen LogP contribution in [0.4, 0.5) is 18.9 Å². The first-order valence-electron chi connectivity index (χ1n) is 8.04. The van der Waals surface area contributed by atoms with Gasteiger partial charge in [-0.1, -0.05) is 12.1 Å². The number of anilines is 1. The number of phenols is 1. The second kappa shape index (κ2) is 6.86. The summed E-state index contributed by atoms with van der Waals surface area (Å²) < 4.78 is 39.5. The normalized spacial score (nSPS) is 11.7. The number of nitrogens with zero attached hydrogens (tertiary/aromatic N) is 4. The van der Waals surface area contributed by atoms with E-state index in [1.165, 1.54) is 6.07 Å². The van der Waals surface area contributed by atoms with Gasteiger partial charge in [-0.25, -0.2) is 9.50 Å². The molecule has 27 heavy (non-hydrogen) atoms. The average Bonchev–Trinajstić information content (AvgIpc) is 3.01. The van der Waals surface area contributed by atoms with Crippen molar-refractivity contribution < 1.29 is 23.1 Å². The van der Waals surface area contributed by atoms with Gasteiger partial charge in [-0.05, 0) is 38.0 Å². The van der Waals surface area contributed by atoms with Crippen molar-refractivity contribution in [1.82, 2.24) is 19.6 Å². The largest absolute Gasteiger partial charge is 0.506 e. The van der Waals surface area contributed by atoms with Gasteiger partial charge in [0, 0.05) is 17.8 Å². The predicted octanol–water partition coefficient (Wildman–Crippen LogP) is 3.04. The van der Waals surface area contributed by atoms with Crippen LogP contribution >= 0.6 is 0 Å². The highest BCUT2D eigenvalue weighted by Gasteiger charge is 2.36. The van der Waals surface area contributed by atoms with Crippen LogP contribution in [0.25, 0.3) is 5.78 Å². The molecule has 0 fully saturated rings. The van der Waals surface area contributed by atoms with E-state index in [9.17, 15) is 23.1 Å². The van der Waals surface area contributed by atoms with Gasteiger partial charge < -0.3 is 10.4 Å². The number of halogens is 3. The first-order valence-corrected chi connectivity index (χ1v) is 8.04. The van der Waals surface area contributed by atoms with Crippen LogP contribution in [0, 0.1) is 13.8 Å². The zero-order valence-corrected chi connectivity index (χ0v) is 14.5. The van der Waals surface area contributed by atoms with Gasteiger partial charge in [-0.15, -0.1) is 5.10 Å². The van der Waals surface area contributed by atoms with Crippen LogP contribution in [-0.2, 0) is 17.4 Å². The number of aromatic nitrogens is 4. The van der Waals surface area contributed by atoms with E-state index >= 15 is 0 Å². The first-order chi connectivity index (χ1) is 12.7. The third-order valence-electron chi connectivity index (χ3n) is 4.08. The molecule has 0 radical (unpaired) electrons. The number of fused-ring (bicyclic) bond motifs is 1. The average molecular weight is 379 g/mol. The fourth-order valence-corrected chi connectivity index (χ4v) is 2.72. The molecule has 0 spiro atoms. The van der Waals surface area contributed by atoms with Crippen LogP contribution in [0.5, 0.6) is 5.75 Å². The van der Waals surface area contributed by atoms with Crippen molar-refractivity contribution >= 4 is 17.4 Å². The third kappa shape index (κ3) is 3.83. The molecule has 0 atom stereocenters. The Kier molecular flexibility index (Phi) is 4.73. The van der Waals surface area contributed by atoms with Crippen LogP contribution in [0.3, 0.4) is 0 Å². The van der Waals surface area contributed by atoms with E-state index < -0.39 is 12.0 Å². The third-order valence-corrected chi connectivity index (χ3v) is 4.08. The van der Waals surface area contributed by atoms with E-state index in [2.05, 4.69) is 20.4 Å². The molecule has 0 aliphatic carbocycles. The molecule has 0 saturated carbocycles. The number of carbonyl (C=O) groups is 1. The van der Waals surface area contributed by atoms with E-state index in [0.29, 0.717) is 17.0 Å². The van der Waals surface area contributed by atoms with Crippen LogP contribution < -0.4 is 5.32 Å². The second-order valence-corrected chi connectivity index (χ2v) is 5.97. The van der Waals surface area contributed by atoms with Gasteiger partial charge in [0.1, 0.15) is 5.75 Å². The van der Waals surface area contributed by atoms with Gasteiger partial charge in [-0.3, -0.25) is 4.79 Å². The number of hydrogen-bond donors (Lipinski definition) is 2. The highest BCUT2D eigenvalue weighted by Crippen LogP contribution is 2.27. The fraction of sp³-hybridized carbons (Fsp3) is 0.294. The predicted molar refractivity (Wildman–Crippen MR) is 90.3 cm³/mol. The number of para-hydroxylation sites is 2. The van der Waals surface area contributed by atoms with Gasteiger partial charge in [-0.2, -0.15) is 18.2 Å². The summed E-state index contributed by atoms with van der Waals surface area (Å²) in [5.74, 6) is -1.79. The Labute approximate surface area is 151 Å². The van der Waals surface area contributed by atoms with Crippen molar-refractivity contribution in [3.8, 4) is 5.75 Å². The molecule has 0 unspecified atom stereocenters. The molecular formula is C17H16F3N5O2. The molecule has 7 nitrogen and oxygen atoms in total. The van der Waals surface area contributed by atoms with Gasteiger partial charge in [0.05, 0.1) is 5.69 Å². The lowest BCUT2D eigenvalue weighted by Crippen LogP contribution is -2.14. The smallest absolute Gasteiger partial charge is 0.453 e. The van der Waals surface area contributed by atoms with Crippen molar-refractivity contribution in [3.05, 3.63) is 47.0 Å². The van der Waals surface area contributed by atoms with E-state index in [4.69, 9.17) is 0 Å². The summed E-state index contributed by atoms with van der Waals surface area (Å²) in [6, 6.07) is 6.31. The van der Waals surface area contributed by atoms with Crippen molar-refractivity contribution in [2.24, 2.45) is 0 Å². The van der Waals surface area contributed by atoms with E-state index in [1.54, 1.807) is 32.0 Å². The molecule has 3 aromatic rings. The monoisotopic (exact) mass is 379 g/mol. The summed E-state index contributed by atoms with van der Waals surface area (Å²) in [5.41, 5.74) is 1.83. The molecule has 0 aliphatic heterocycles. The summed E-state index contributed by atoms with van der Waals surface area (Å²) in [4.78, 5) is 19.6. The number of alkyl halides is 3. The molecule has 0 aliphatic rings. The number of nitrogens with one attached hydrogen (secondary N) is 1. The fourth-order valence-electron chi connectivity index (χ4n) is 2.72. The molecule has 142 valence electrons. The highest BCUT2D eigenvalue weighted by molar-refractivity contribution is 5.92. The standard InChI is InChI=1S/C17H16F3N5O2/c1-9-11(7-8-14(27)22-12-5-3-4-6-13(12)26)10(2)25-16(21-9)23-15(24-25)17(18,19)20/h3-6,26H,7-8H2,1-2H3,(H,22,27). The summed E-state index contributed by atoms with van der Waals surface area (Å²) in [7, 11) is 0. The van der Waals surface area contributed by atoms with Crippen LogP contribution in [-0.4, -0.2) is 30.6 Å². The quantitative estimate of drug-likeness (QED) is 0.680. The van der Waals surface area contributed by atoms with Gasteiger partial charge in [0.25, 0.3) is 11.6 Å². The summed E-state index contributed by atoms with van der Waals surface area (Å²) in [6.07, 6.45) is -4.35. The minimum atomic E-state index is -4.66. The summed E-state index contributed by atoms with van der Waals surface area (Å²) >= 11 is 0. The SMILES string of the molecule is Cc1nc2nc(C(F)(F)F)nn2c(C)c1CCC(=O)Nc1ccccc1O. The molecule has 2 heterocycles. The Morgan fingerprint density at radius 2 is 1.93 bits per heavy atom. The van der Waals surface area contributed by atoms with Crippen molar-refractivity contribution in [1.29, 1.82) is 0 Å². The summed E-state index contributed by atoms with van der Waals surface area (Å²) in [5, 5.41) is 15.7. The molecule has 1 amide bonds. The highest BCUT2D eigenvalue weighted by atomic mass is 19.4. The van der Waals surface area contributed by atoms with Crippen molar-refractivity contribution in [3.63, 3.8) is 0 Å². The Balaban J connectivity index is 1.80.